The number of hydrogen-bond acceptors (Lipinski definition) is 9. The number of hydrogen-bond donors (Lipinski definition) is 4. The molecule has 9 saturated heterocycles. The fourth-order valence-corrected chi connectivity index (χ4v) is 18.8. The normalized spacial score (nSPS) is 55.6. The lowest BCUT2D eigenvalue weighted by atomic mass is 9.73. The van der Waals surface area contributed by atoms with Crippen LogP contribution in [0.1, 0.15) is 154 Å². The molecule has 9 aliphatic heterocycles. The van der Waals surface area contributed by atoms with Crippen LogP contribution < -0.4 is 21.3 Å². The van der Waals surface area contributed by atoms with Gasteiger partial charge in [-0.3, -0.25) is 30.2 Å². The van der Waals surface area contributed by atoms with Gasteiger partial charge in [0, 0.05) is 73.0 Å². The maximum absolute atomic E-state index is 7.15. The average molecular weight is 785 g/mol. The third-order valence-electron chi connectivity index (χ3n) is 20.8. The van der Waals surface area contributed by atoms with Gasteiger partial charge in [-0.15, -0.1) is 0 Å². The average Bonchev–Trinajstić information content (AvgIpc) is 4.09. The Morgan fingerprint density at radius 2 is 0.719 bits per heavy atom. The lowest BCUT2D eigenvalue weighted by Crippen LogP contribution is -2.64. The number of piperidine rings is 4. The highest BCUT2D eigenvalue weighted by molar-refractivity contribution is 5.11. The molecule has 0 bridgehead atoms. The summed E-state index contributed by atoms with van der Waals surface area (Å²) in [5.74, 6) is 6.88. The largest absolute Gasteiger partial charge is 0.345 e. The molecule has 318 valence electrons. The zero-order chi connectivity index (χ0) is 37.2. The predicted molar refractivity (Wildman–Crippen MR) is 225 cm³/mol. The van der Waals surface area contributed by atoms with Crippen LogP contribution in [0.25, 0.3) is 0 Å². The van der Waals surface area contributed by atoms with Crippen molar-refractivity contribution in [3.05, 3.63) is 0 Å². The summed E-state index contributed by atoms with van der Waals surface area (Å²) in [5.41, 5.74) is 0. The summed E-state index contributed by atoms with van der Waals surface area (Å²) in [6.45, 7) is 4.96. The molecule has 9 heterocycles. The summed E-state index contributed by atoms with van der Waals surface area (Å²) >= 11 is 0. The summed E-state index contributed by atoms with van der Waals surface area (Å²) in [6.07, 6.45) is 37.1. The molecule has 0 spiro atoms. The number of nitrogens with zero attached hydrogens (tertiary/aromatic N) is 4. The van der Waals surface area contributed by atoms with Crippen LogP contribution in [0.4, 0.5) is 0 Å². The highest BCUT2D eigenvalue weighted by Crippen LogP contribution is 2.54. The van der Waals surface area contributed by atoms with Gasteiger partial charge in [0.1, 0.15) is 12.5 Å². The van der Waals surface area contributed by atoms with E-state index >= 15 is 0 Å². The Bertz CT molecular complexity index is 1300. The van der Waals surface area contributed by atoms with Gasteiger partial charge in [-0.1, -0.05) is 51.4 Å². The van der Waals surface area contributed by atoms with Crippen molar-refractivity contribution in [2.75, 3.05) is 26.2 Å². The van der Waals surface area contributed by atoms with Gasteiger partial charge in [0.2, 0.25) is 0 Å². The van der Waals surface area contributed by atoms with Crippen LogP contribution in [0.2, 0.25) is 0 Å². The van der Waals surface area contributed by atoms with Crippen molar-refractivity contribution in [2.45, 2.75) is 227 Å². The Hall–Kier alpha value is -0.360. The van der Waals surface area contributed by atoms with Gasteiger partial charge in [0.05, 0.1) is 24.7 Å². The van der Waals surface area contributed by atoms with Crippen molar-refractivity contribution in [3.63, 3.8) is 0 Å². The van der Waals surface area contributed by atoms with Gasteiger partial charge >= 0.3 is 0 Å². The van der Waals surface area contributed by atoms with Crippen LogP contribution in [0.15, 0.2) is 0 Å². The van der Waals surface area contributed by atoms with E-state index in [9.17, 15) is 0 Å². The van der Waals surface area contributed by atoms with Gasteiger partial charge in [-0.25, -0.2) is 0 Å². The molecule has 4 N–H and O–H groups in total. The first-order valence-corrected chi connectivity index (χ1v) is 26.0. The lowest BCUT2D eigenvalue weighted by Gasteiger charge is -2.49. The standard InChI is InChI=1S/C48H80N8O/c1-5-13-39-29(9-1)30-10-2-6-14-40(30)55(39)45-35-23-27-53(37(35)21-25-49-45)43-19-17-33-34-18-20-44(52-48(34)57-47(33)51-43)54-28-24-36-38(54)22-26-50-46(36)56-41-15-7-3-11-31(41)32-12-4-8-16-42(32)56/h29-52H,1-28H2. The molecular weight excluding hydrogens is 705 g/mol. The second-order valence-electron chi connectivity index (χ2n) is 22.7. The first-order valence-electron chi connectivity index (χ1n) is 26.0. The molecular formula is C48H80N8O. The highest BCUT2D eigenvalue weighted by Gasteiger charge is 2.59. The molecule has 0 radical (unpaired) electrons. The van der Waals surface area contributed by atoms with Gasteiger partial charge < -0.3 is 15.4 Å². The number of nitrogens with one attached hydrogen (secondary N) is 4. The minimum absolute atomic E-state index is 0.225. The van der Waals surface area contributed by atoms with Crippen molar-refractivity contribution < 1.29 is 4.74 Å². The summed E-state index contributed by atoms with van der Waals surface area (Å²) in [7, 11) is 0. The van der Waals surface area contributed by atoms with Crippen LogP contribution >= 0.6 is 0 Å². The molecule has 9 nitrogen and oxygen atoms in total. The summed E-state index contributed by atoms with van der Waals surface area (Å²) < 4.78 is 7.15. The number of likely N-dealkylation sites (tertiary alicyclic amines) is 4. The Morgan fingerprint density at radius 1 is 0.333 bits per heavy atom. The molecule has 9 heteroatoms. The van der Waals surface area contributed by atoms with Crippen molar-refractivity contribution in [1.29, 1.82) is 0 Å². The van der Waals surface area contributed by atoms with Gasteiger partial charge in [-0.2, -0.15) is 0 Å². The fourth-order valence-electron chi connectivity index (χ4n) is 18.8. The van der Waals surface area contributed by atoms with E-state index in [1.807, 2.05) is 0 Å². The smallest absolute Gasteiger partial charge is 0.114 e. The molecule has 13 aliphatic rings. The molecule has 13 fully saturated rings. The third-order valence-corrected chi connectivity index (χ3v) is 20.8. The first-order chi connectivity index (χ1) is 28.3. The Kier molecular flexibility index (Phi) is 9.91. The quantitative estimate of drug-likeness (QED) is 0.267. The Labute approximate surface area is 345 Å². The molecule has 13 rings (SSSR count). The van der Waals surface area contributed by atoms with E-state index < -0.39 is 0 Å². The molecule has 4 aliphatic carbocycles. The summed E-state index contributed by atoms with van der Waals surface area (Å²) in [4.78, 5) is 12.3. The van der Waals surface area contributed by atoms with Crippen LogP contribution in [0, 0.1) is 47.3 Å². The fraction of sp³-hybridized carbons (Fsp3) is 1.00. The van der Waals surface area contributed by atoms with Crippen LogP contribution in [-0.4, -0.2) is 119 Å². The predicted octanol–water partition coefficient (Wildman–Crippen LogP) is 6.21. The molecule has 0 aromatic rings. The van der Waals surface area contributed by atoms with Gasteiger partial charge in [-0.05, 0) is 139 Å². The molecule has 0 amide bonds. The summed E-state index contributed by atoms with van der Waals surface area (Å²) in [5, 5.41) is 16.9. The minimum atomic E-state index is 0.225. The third kappa shape index (κ3) is 5.98. The van der Waals surface area contributed by atoms with E-state index in [4.69, 9.17) is 4.74 Å². The maximum atomic E-state index is 7.15. The van der Waals surface area contributed by atoms with E-state index in [2.05, 4.69) is 40.9 Å². The second-order valence-corrected chi connectivity index (χ2v) is 22.7. The molecule has 20 atom stereocenters. The van der Waals surface area contributed by atoms with Crippen molar-refractivity contribution >= 4 is 0 Å². The van der Waals surface area contributed by atoms with Gasteiger partial charge in [0.15, 0.2) is 0 Å². The van der Waals surface area contributed by atoms with Crippen LogP contribution in [-0.2, 0) is 4.74 Å². The Balaban J connectivity index is 0.661. The second kappa shape index (κ2) is 15.2. The molecule has 0 aromatic heterocycles. The van der Waals surface area contributed by atoms with E-state index in [0.29, 0.717) is 36.5 Å². The highest BCUT2D eigenvalue weighted by atomic mass is 16.5. The van der Waals surface area contributed by atoms with Crippen LogP contribution in [0.5, 0.6) is 0 Å². The zero-order valence-electron chi connectivity index (χ0n) is 35.5. The van der Waals surface area contributed by atoms with Gasteiger partial charge in [0.25, 0.3) is 0 Å². The molecule has 0 aromatic carbocycles. The van der Waals surface area contributed by atoms with Crippen molar-refractivity contribution in [2.24, 2.45) is 47.3 Å². The SMILES string of the molecule is C1CCC2C(C1)C1CCCCC1N2C1NCCC2C1CCN2C1CCC2C(N1)OC1NC(N3CCC4C3CCNC4N3C4CCCCC4C4CCCCC43)CCC12. The Morgan fingerprint density at radius 3 is 1.12 bits per heavy atom. The topological polar surface area (TPSA) is 70.3 Å². The van der Waals surface area contributed by atoms with Crippen molar-refractivity contribution in [3.8, 4) is 0 Å². The minimum Gasteiger partial charge on any atom is -0.345 e. The monoisotopic (exact) mass is 785 g/mol. The van der Waals surface area contributed by atoms with Crippen LogP contribution in [0.3, 0.4) is 0 Å². The summed E-state index contributed by atoms with van der Waals surface area (Å²) in [6, 6.07) is 4.90. The molecule has 57 heavy (non-hydrogen) atoms. The van der Waals surface area contributed by atoms with E-state index in [1.54, 1.807) is 0 Å². The number of fused-ring (bicyclic) bond motifs is 11. The lowest BCUT2D eigenvalue weighted by molar-refractivity contribution is -0.0721. The molecule has 20 unspecified atom stereocenters. The number of rotatable bonds is 4. The maximum Gasteiger partial charge on any atom is 0.114 e. The van der Waals surface area contributed by atoms with E-state index in [-0.39, 0.29) is 12.5 Å². The van der Waals surface area contributed by atoms with E-state index in [1.165, 1.54) is 180 Å². The van der Waals surface area contributed by atoms with Crippen molar-refractivity contribution in [1.82, 2.24) is 40.9 Å². The first kappa shape index (κ1) is 37.2. The molecule has 4 saturated carbocycles. The zero-order valence-corrected chi connectivity index (χ0v) is 35.5. The van der Waals surface area contributed by atoms with E-state index in [0.717, 1.165) is 71.8 Å². The number of ether oxygens (including phenoxy) is 1.